The van der Waals surface area contributed by atoms with E-state index in [1.165, 1.54) is 5.56 Å². The van der Waals surface area contributed by atoms with Gasteiger partial charge in [0.05, 0.1) is 6.42 Å². The molecule has 0 saturated carbocycles. The van der Waals surface area contributed by atoms with Gasteiger partial charge in [0, 0.05) is 19.1 Å². The van der Waals surface area contributed by atoms with Gasteiger partial charge < -0.3 is 15.0 Å². The SMILES string of the molecule is CCCc1ccc(OCC(=O)N2CCC(NC(=O)Cc3ccccc3)CC2)cc1. The minimum atomic E-state index is -0.00306. The molecule has 0 aliphatic carbocycles. The zero-order chi connectivity index (χ0) is 20.5. The van der Waals surface area contributed by atoms with Gasteiger partial charge in [-0.15, -0.1) is 0 Å². The van der Waals surface area contributed by atoms with Crippen LogP contribution in [0.1, 0.15) is 37.3 Å². The summed E-state index contributed by atoms with van der Waals surface area (Å²) in [7, 11) is 0. The Morgan fingerprint density at radius 2 is 1.69 bits per heavy atom. The smallest absolute Gasteiger partial charge is 0.260 e. The van der Waals surface area contributed by atoms with Gasteiger partial charge in [0.1, 0.15) is 5.75 Å². The number of aryl methyl sites for hydroxylation is 1. The Hall–Kier alpha value is -2.82. The Balaban J connectivity index is 1.37. The van der Waals surface area contributed by atoms with Crippen molar-refractivity contribution in [3.63, 3.8) is 0 Å². The van der Waals surface area contributed by atoms with E-state index >= 15 is 0 Å². The van der Waals surface area contributed by atoms with Crippen LogP contribution >= 0.6 is 0 Å². The Morgan fingerprint density at radius 3 is 2.34 bits per heavy atom. The number of nitrogens with one attached hydrogen (secondary N) is 1. The molecule has 3 rings (SSSR count). The predicted octanol–water partition coefficient (Wildman–Crippen LogP) is 3.37. The minimum absolute atomic E-state index is 0.00306. The molecule has 1 heterocycles. The number of hydrogen-bond donors (Lipinski definition) is 1. The molecular weight excluding hydrogens is 364 g/mol. The monoisotopic (exact) mass is 394 g/mol. The van der Waals surface area contributed by atoms with Gasteiger partial charge in [-0.3, -0.25) is 9.59 Å². The predicted molar refractivity (Wildman–Crippen MR) is 114 cm³/mol. The molecule has 5 nitrogen and oxygen atoms in total. The fourth-order valence-corrected chi connectivity index (χ4v) is 3.61. The highest BCUT2D eigenvalue weighted by atomic mass is 16.5. The average molecular weight is 395 g/mol. The first kappa shape index (κ1) is 20.9. The second-order valence-electron chi connectivity index (χ2n) is 7.57. The lowest BCUT2D eigenvalue weighted by atomic mass is 10.0. The number of amides is 2. The first-order valence-electron chi connectivity index (χ1n) is 10.5. The third-order valence-electron chi connectivity index (χ3n) is 5.24. The van der Waals surface area contributed by atoms with Gasteiger partial charge in [-0.1, -0.05) is 55.8 Å². The van der Waals surface area contributed by atoms with Crippen molar-refractivity contribution in [2.75, 3.05) is 19.7 Å². The van der Waals surface area contributed by atoms with Crippen molar-refractivity contribution in [3.05, 3.63) is 65.7 Å². The lowest BCUT2D eigenvalue weighted by Crippen LogP contribution is -2.48. The van der Waals surface area contributed by atoms with Crippen LogP contribution in [0.4, 0.5) is 0 Å². The topological polar surface area (TPSA) is 58.6 Å². The number of benzene rings is 2. The molecule has 2 aromatic rings. The number of hydrogen-bond acceptors (Lipinski definition) is 3. The molecule has 1 saturated heterocycles. The van der Waals surface area contributed by atoms with Crippen LogP contribution in [-0.2, 0) is 22.4 Å². The Labute approximate surface area is 173 Å². The molecule has 1 fully saturated rings. The standard InChI is InChI=1S/C24H30N2O3/c1-2-6-19-9-11-22(12-10-19)29-18-24(28)26-15-13-21(14-16-26)25-23(27)17-20-7-4-3-5-8-20/h3-5,7-12,21H,2,6,13-18H2,1H3,(H,25,27). The summed E-state index contributed by atoms with van der Waals surface area (Å²) >= 11 is 0. The molecule has 0 unspecified atom stereocenters. The van der Waals surface area contributed by atoms with E-state index in [4.69, 9.17) is 4.74 Å². The van der Waals surface area contributed by atoms with Crippen molar-refractivity contribution in [1.82, 2.24) is 10.2 Å². The van der Waals surface area contributed by atoms with Gasteiger partial charge in [-0.2, -0.15) is 0 Å². The van der Waals surface area contributed by atoms with Crippen LogP contribution in [0, 0.1) is 0 Å². The number of piperidine rings is 1. The van der Waals surface area contributed by atoms with Gasteiger partial charge in [0.2, 0.25) is 5.91 Å². The average Bonchev–Trinajstić information content (AvgIpc) is 2.74. The highest BCUT2D eigenvalue weighted by molar-refractivity contribution is 5.79. The molecule has 29 heavy (non-hydrogen) atoms. The summed E-state index contributed by atoms with van der Waals surface area (Å²) in [5, 5.41) is 3.09. The van der Waals surface area contributed by atoms with Crippen molar-refractivity contribution in [2.24, 2.45) is 0 Å². The van der Waals surface area contributed by atoms with Gasteiger partial charge in [0.25, 0.3) is 5.91 Å². The first-order valence-corrected chi connectivity index (χ1v) is 10.5. The number of carbonyl (C=O) groups is 2. The zero-order valence-electron chi connectivity index (χ0n) is 17.1. The largest absolute Gasteiger partial charge is 0.484 e. The fraction of sp³-hybridized carbons (Fsp3) is 0.417. The number of nitrogens with zero attached hydrogens (tertiary/aromatic N) is 1. The maximum Gasteiger partial charge on any atom is 0.260 e. The van der Waals surface area contributed by atoms with Crippen LogP contribution in [0.25, 0.3) is 0 Å². The third-order valence-corrected chi connectivity index (χ3v) is 5.24. The summed E-state index contributed by atoms with van der Waals surface area (Å²) in [6.45, 7) is 3.50. The molecular formula is C24H30N2O3. The number of carbonyl (C=O) groups excluding carboxylic acids is 2. The summed E-state index contributed by atoms with van der Waals surface area (Å²) in [5.41, 5.74) is 2.29. The van der Waals surface area contributed by atoms with E-state index in [1.54, 1.807) is 0 Å². The minimum Gasteiger partial charge on any atom is -0.484 e. The van der Waals surface area contributed by atoms with Crippen LogP contribution in [0.3, 0.4) is 0 Å². The van der Waals surface area contributed by atoms with Crippen LogP contribution in [0.2, 0.25) is 0 Å². The second kappa shape index (κ2) is 10.6. The van der Waals surface area contributed by atoms with E-state index in [0.29, 0.717) is 19.5 Å². The fourth-order valence-electron chi connectivity index (χ4n) is 3.61. The lowest BCUT2D eigenvalue weighted by Gasteiger charge is -2.32. The molecule has 0 atom stereocenters. The van der Waals surface area contributed by atoms with Crippen LogP contribution in [0.15, 0.2) is 54.6 Å². The maximum atomic E-state index is 12.4. The quantitative estimate of drug-likeness (QED) is 0.747. The summed E-state index contributed by atoms with van der Waals surface area (Å²) < 4.78 is 5.65. The zero-order valence-corrected chi connectivity index (χ0v) is 17.1. The van der Waals surface area contributed by atoms with Crippen LogP contribution in [-0.4, -0.2) is 42.5 Å². The first-order chi connectivity index (χ1) is 14.1. The van der Waals surface area contributed by atoms with Gasteiger partial charge >= 0.3 is 0 Å². The normalized spacial score (nSPS) is 14.4. The lowest BCUT2D eigenvalue weighted by molar-refractivity contribution is -0.134. The number of ether oxygens (including phenoxy) is 1. The van der Waals surface area contributed by atoms with Crippen molar-refractivity contribution in [2.45, 2.75) is 45.1 Å². The molecule has 2 amide bonds. The van der Waals surface area contributed by atoms with Crippen LogP contribution < -0.4 is 10.1 Å². The molecule has 0 spiro atoms. The van der Waals surface area contributed by atoms with E-state index in [0.717, 1.165) is 37.0 Å². The van der Waals surface area contributed by atoms with Crippen molar-refractivity contribution in [1.29, 1.82) is 0 Å². The molecule has 154 valence electrons. The molecule has 0 radical (unpaired) electrons. The second-order valence-corrected chi connectivity index (χ2v) is 7.57. The maximum absolute atomic E-state index is 12.4. The van der Waals surface area contributed by atoms with Crippen molar-refractivity contribution < 1.29 is 14.3 Å². The molecule has 0 aromatic heterocycles. The third kappa shape index (κ3) is 6.63. The van der Waals surface area contributed by atoms with E-state index in [1.807, 2.05) is 59.5 Å². The number of likely N-dealkylation sites (tertiary alicyclic amines) is 1. The molecule has 0 bridgehead atoms. The van der Waals surface area contributed by atoms with Gasteiger partial charge in [0.15, 0.2) is 6.61 Å². The molecule has 1 aliphatic rings. The van der Waals surface area contributed by atoms with Crippen molar-refractivity contribution in [3.8, 4) is 5.75 Å². The van der Waals surface area contributed by atoms with E-state index in [2.05, 4.69) is 12.2 Å². The Kier molecular flexibility index (Phi) is 7.68. The number of rotatable bonds is 8. The molecule has 5 heteroatoms. The molecule has 2 aromatic carbocycles. The molecule has 1 N–H and O–H groups in total. The summed E-state index contributed by atoms with van der Waals surface area (Å²) in [6, 6.07) is 17.8. The van der Waals surface area contributed by atoms with Crippen molar-refractivity contribution >= 4 is 11.8 Å². The summed E-state index contributed by atoms with van der Waals surface area (Å²) in [4.78, 5) is 26.5. The van der Waals surface area contributed by atoms with Gasteiger partial charge in [-0.05, 0) is 42.5 Å². The highest BCUT2D eigenvalue weighted by Gasteiger charge is 2.24. The summed E-state index contributed by atoms with van der Waals surface area (Å²) in [6.07, 6.45) is 4.11. The van der Waals surface area contributed by atoms with E-state index in [-0.39, 0.29) is 24.5 Å². The van der Waals surface area contributed by atoms with Crippen LogP contribution in [0.5, 0.6) is 5.75 Å². The highest BCUT2D eigenvalue weighted by Crippen LogP contribution is 2.15. The van der Waals surface area contributed by atoms with E-state index in [9.17, 15) is 9.59 Å². The Morgan fingerprint density at radius 1 is 1.00 bits per heavy atom. The van der Waals surface area contributed by atoms with Gasteiger partial charge in [-0.25, -0.2) is 0 Å². The molecule has 1 aliphatic heterocycles. The Bertz CT molecular complexity index is 782. The summed E-state index contributed by atoms with van der Waals surface area (Å²) in [5.74, 6) is 0.758. The van der Waals surface area contributed by atoms with E-state index < -0.39 is 0 Å².